The summed E-state index contributed by atoms with van der Waals surface area (Å²) < 4.78 is 66.2. The van der Waals surface area contributed by atoms with Crippen molar-refractivity contribution in [2.45, 2.75) is 135 Å². The number of benzene rings is 1. The minimum Gasteiger partial charge on any atom is -0.790 e. The molecule has 5 rings (SSSR count). The van der Waals surface area contributed by atoms with Gasteiger partial charge in [-0.3, -0.25) is 32.9 Å². The van der Waals surface area contributed by atoms with Crippen molar-refractivity contribution in [3.63, 3.8) is 0 Å². The molecule has 7 unspecified atom stereocenters. The lowest BCUT2D eigenvalue weighted by Gasteiger charge is -2.36. The molecule has 29 heteroatoms. The smallest absolute Gasteiger partial charge is 0.293 e. The number of nitrogens with one attached hydrogen (secondary N) is 2. The zero-order valence-corrected chi connectivity index (χ0v) is 42.3. The highest BCUT2D eigenvalue weighted by molar-refractivity contribution is 7.59. The van der Waals surface area contributed by atoms with Crippen LogP contribution in [0.25, 0.3) is 11.2 Å². The number of amides is 2. The fourth-order valence-electron chi connectivity index (χ4n) is 7.83. The van der Waals surface area contributed by atoms with Gasteiger partial charge in [0.05, 0.1) is 27.4 Å². The lowest BCUT2D eigenvalue weighted by atomic mass is 9.81. The van der Waals surface area contributed by atoms with E-state index in [4.69, 9.17) is 15.2 Å². The van der Waals surface area contributed by atoms with Gasteiger partial charge in [0.15, 0.2) is 17.7 Å². The standard InChI is InChI=1S/C42H64N7O19P3/c1-40(2,15-6-5-9-27-10-7-11-28(21-27)12-8-16-42(17-18-42)63-26-50)30(51)13-19-44-31(52)14-20-45-38(55)35(54)41(3,4)23-65-71(61,62)68-70(59,60)64-22-29-34(67-69(56,57)58)33(53)39(66-29)49-25-48-32-36(43)46-24-47-37(32)49/h7,10-11,21,24-26,29,33-35,39,53-54H,5-6,8-9,12-20,22-23H2,1-4H3,(H,44,52)(H,45,55)(H,59,60)(H,61,62)(H2,43,46,47)(H2,56,57,58)/p-4. The summed E-state index contributed by atoms with van der Waals surface area (Å²) in [5.41, 5.74) is 5.63. The topological polar surface area (TPSA) is 401 Å². The van der Waals surface area contributed by atoms with Gasteiger partial charge in [0.1, 0.15) is 47.6 Å². The van der Waals surface area contributed by atoms with E-state index in [0.717, 1.165) is 68.6 Å². The molecule has 1 aliphatic heterocycles. The fourth-order valence-corrected chi connectivity index (χ4v) is 10.6. The Morgan fingerprint density at radius 3 is 2.30 bits per heavy atom. The molecule has 2 fully saturated rings. The van der Waals surface area contributed by atoms with Crippen LogP contribution in [0.5, 0.6) is 0 Å². The number of nitrogen functional groups attached to an aromatic ring is 1. The summed E-state index contributed by atoms with van der Waals surface area (Å²) in [4.78, 5) is 109. The molecule has 2 aromatic heterocycles. The molecule has 2 aliphatic rings. The minimum atomic E-state index is -5.94. The Morgan fingerprint density at radius 2 is 1.63 bits per heavy atom. The molecule has 1 saturated heterocycles. The van der Waals surface area contributed by atoms with Crippen molar-refractivity contribution in [1.29, 1.82) is 0 Å². The molecule has 0 bridgehead atoms. The van der Waals surface area contributed by atoms with Crippen LogP contribution in [0.2, 0.25) is 0 Å². The maximum atomic E-state index is 13.0. The Labute approximate surface area is 409 Å². The molecule has 0 spiro atoms. The zero-order valence-electron chi connectivity index (χ0n) is 39.6. The summed E-state index contributed by atoms with van der Waals surface area (Å²) in [6.07, 6.45) is 0.163. The maximum absolute atomic E-state index is 13.0. The van der Waals surface area contributed by atoms with Gasteiger partial charge in [-0.1, -0.05) is 58.4 Å². The SMILES string of the molecule is CC(C)(CCCCc1cccc(CCCC2(OC=O)CC2)c1)C(=O)CCNC(=O)CCNC(=O)C(O)C(C)(C)COP(=O)([O-])OP(=O)([O-])OCC1OC(n2cnc3c(N)ncnc32)C(O)C1OP(=O)([O-])[O-]. The number of ketones is 1. The number of hydrogen-bond acceptors (Lipinski definition) is 23. The van der Waals surface area contributed by atoms with Gasteiger partial charge in [0, 0.05) is 36.8 Å². The van der Waals surface area contributed by atoms with Gasteiger partial charge < -0.3 is 73.8 Å². The summed E-state index contributed by atoms with van der Waals surface area (Å²) in [7, 11) is -17.7. The Morgan fingerprint density at radius 1 is 0.972 bits per heavy atom. The van der Waals surface area contributed by atoms with Gasteiger partial charge in [0.2, 0.25) is 11.8 Å². The van der Waals surface area contributed by atoms with Crippen molar-refractivity contribution in [3.8, 4) is 0 Å². The predicted octanol–water partition coefficient (Wildman–Crippen LogP) is 0.304. The number of nitrogens with two attached hydrogens (primary N) is 1. The molecule has 7 atom stereocenters. The largest absolute Gasteiger partial charge is 0.790 e. The number of unbranched alkanes of at least 4 members (excludes halogenated alkanes) is 1. The van der Waals surface area contributed by atoms with Crippen LogP contribution >= 0.6 is 23.5 Å². The highest BCUT2D eigenvalue weighted by Crippen LogP contribution is 2.56. The van der Waals surface area contributed by atoms with E-state index in [-0.39, 0.29) is 54.3 Å². The average molecular weight is 1060 g/mol. The number of Topliss-reactive ketones (excluding diaryl/α,β-unsaturated/α-hetero) is 1. The molecule has 3 aromatic rings. The Hall–Kier alpha value is -4.10. The summed E-state index contributed by atoms with van der Waals surface area (Å²) in [5.74, 6) is -1.63. The number of hydrogen-bond donors (Lipinski definition) is 5. The number of aliphatic hydroxyl groups excluding tert-OH is 2. The number of rotatable bonds is 31. The van der Waals surface area contributed by atoms with Gasteiger partial charge >= 0.3 is 0 Å². The third kappa shape index (κ3) is 17.2. The predicted molar refractivity (Wildman–Crippen MR) is 240 cm³/mol. The summed E-state index contributed by atoms with van der Waals surface area (Å²) in [5, 5.41) is 26.5. The van der Waals surface area contributed by atoms with Gasteiger partial charge in [-0.05, 0) is 62.5 Å². The van der Waals surface area contributed by atoms with Gasteiger partial charge in [-0.15, -0.1) is 0 Å². The Kier molecular flexibility index (Phi) is 19.8. The fraction of sp³-hybridized carbons (Fsp3) is 0.643. The molecule has 2 amide bonds. The van der Waals surface area contributed by atoms with Crippen LogP contribution in [0.3, 0.4) is 0 Å². The maximum Gasteiger partial charge on any atom is 0.293 e. The van der Waals surface area contributed by atoms with Crippen molar-refractivity contribution in [2.75, 3.05) is 32.0 Å². The lowest BCUT2D eigenvalue weighted by molar-refractivity contribution is -0.347. The van der Waals surface area contributed by atoms with Gasteiger partial charge in [0.25, 0.3) is 22.1 Å². The van der Waals surface area contributed by atoms with Gasteiger partial charge in [-0.2, -0.15) is 0 Å². The molecule has 71 heavy (non-hydrogen) atoms. The number of aliphatic hydroxyl groups is 2. The molecule has 6 N–H and O–H groups in total. The first-order chi connectivity index (χ1) is 33.2. The molecule has 0 radical (unpaired) electrons. The lowest BCUT2D eigenvalue weighted by Crippen LogP contribution is -2.46. The number of carbonyl (C=O) groups is 4. The Balaban J connectivity index is 0.976. The van der Waals surface area contributed by atoms with E-state index in [1.165, 1.54) is 25.0 Å². The summed E-state index contributed by atoms with van der Waals surface area (Å²) in [6.45, 7) is 4.18. The number of carbonyl (C=O) groups excluding carboxylic acids is 4. The molecule has 1 aromatic carbocycles. The van der Waals surface area contributed by atoms with Crippen molar-refractivity contribution < 1.29 is 90.0 Å². The molecule has 1 aliphatic carbocycles. The Bertz CT molecular complexity index is 2480. The number of nitrogens with zero attached hydrogens (tertiary/aromatic N) is 4. The zero-order chi connectivity index (χ0) is 52.4. The molecular weight excluding hydrogens is 999 g/mol. The number of anilines is 1. The third-order valence-electron chi connectivity index (χ3n) is 12.2. The van der Waals surface area contributed by atoms with Crippen molar-refractivity contribution >= 4 is 64.5 Å². The highest BCUT2D eigenvalue weighted by atomic mass is 31.3. The first-order valence-corrected chi connectivity index (χ1v) is 27.1. The van der Waals surface area contributed by atoms with Crippen LogP contribution in [0.4, 0.5) is 5.82 Å². The highest BCUT2D eigenvalue weighted by Gasteiger charge is 2.48. The van der Waals surface area contributed by atoms with E-state index >= 15 is 0 Å². The van der Waals surface area contributed by atoms with Crippen LogP contribution in [0, 0.1) is 10.8 Å². The van der Waals surface area contributed by atoms with Crippen molar-refractivity contribution in [1.82, 2.24) is 30.2 Å². The number of phosphoric acid groups is 3. The number of fused-ring (bicyclic) bond motifs is 1. The van der Waals surface area contributed by atoms with E-state index in [0.29, 0.717) is 12.9 Å². The number of aromatic nitrogens is 4. The first-order valence-electron chi connectivity index (χ1n) is 22.7. The van der Waals surface area contributed by atoms with Crippen LogP contribution in [0.1, 0.15) is 103 Å². The monoisotopic (exact) mass is 1060 g/mol. The first kappa shape index (κ1) is 57.8. The summed E-state index contributed by atoms with van der Waals surface area (Å²) >= 11 is 0. The van der Waals surface area contributed by atoms with E-state index in [9.17, 15) is 62.7 Å². The number of aryl methyl sites for hydroxylation is 2. The number of phosphoric ester groups is 3. The van der Waals surface area contributed by atoms with Crippen LogP contribution < -0.4 is 35.9 Å². The molecular formula is C42H60N7O19P3-4. The second-order valence-corrected chi connectivity index (χ2v) is 22.9. The molecule has 396 valence electrons. The second kappa shape index (κ2) is 24.3. The quantitative estimate of drug-likeness (QED) is 0.0329. The van der Waals surface area contributed by atoms with Crippen LogP contribution in [-0.4, -0.2) is 110 Å². The second-order valence-electron chi connectivity index (χ2n) is 18.8. The van der Waals surface area contributed by atoms with E-state index in [1.807, 2.05) is 19.9 Å². The van der Waals surface area contributed by atoms with Crippen molar-refractivity contribution in [2.24, 2.45) is 10.8 Å². The van der Waals surface area contributed by atoms with E-state index in [1.54, 1.807) is 0 Å². The van der Waals surface area contributed by atoms with Crippen LogP contribution in [-0.2, 0) is 73.1 Å². The molecule has 3 heterocycles. The molecule has 26 nitrogen and oxygen atoms in total. The normalized spacial score (nSPS) is 21.2. The summed E-state index contributed by atoms with van der Waals surface area (Å²) in [6, 6.07) is 8.42. The van der Waals surface area contributed by atoms with E-state index in [2.05, 4.69) is 61.7 Å². The van der Waals surface area contributed by atoms with E-state index < -0.39 is 90.0 Å². The minimum absolute atomic E-state index is 0.0246. The third-order valence-corrected chi connectivity index (χ3v) is 15.2. The number of ether oxygens (including phenoxy) is 2. The number of imidazole rings is 1. The van der Waals surface area contributed by atoms with Gasteiger partial charge in [-0.25, -0.2) is 19.3 Å². The van der Waals surface area contributed by atoms with Crippen LogP contribution in [0.15, 0.2) is 36.9 Å². The molecule has 1 saturated carbocycles. The average Bonchev–Trinajstić information content (AvgIpc) is 3.80. The van der Waals surface area contributed by atoms with Crippen molar-refractivity contribution in [3.05, 3.63) is 48.0 Å².